The quantitative estimate of drug-likeness (QED) is 0.613. The van der Waals surface area contributed by atoms with Crippen LogP contribution in [0.5, 0.6) is 0 Å². The van der Waals surface area contributed by atoms with Crippen molar-refractivity contribution in [1.82, 2.24) is 4.98 Å². The topological polar surface area (TPSA) is 39.2 Å². The Bertz CT molecular complexity index is 946. The van der Waals surface area contributed by atoms with Gasteiger partial charge in [-0.3, -0.25) is 0 Å². The molecular weight excluding hydrogens is 325 g/mol. The number of halogens is 1. The smallest absolute Gasteiger partial charge is 0.350 e. The number of hydrogen-bond donors (Lipinski definition) is 0. The molecule has 0 amide bonds. The minimum atomic E-state index is -0.363. The molecule has 0 unspecified atom stereocenters. The standard InChI is InChI=1S/C19H18FNO2S/c1-5-23-19(22)17-12(4)21-18(24-17)13-8-11(3)14-7-6-10(2)16(20)15(14)9-13/h6-9H,5H2,1-4H3. The SMILES string of the molecule is CCOC(=O)c1sc(-c2cc(C)c3ccc(C)c(F)c3c2)nc1C. The minimum absolute atomic E-state index is 0.212. The average molecular weight is 343 g/mol. The Morgan fingerprint density at radius 1 is 1.17 bits per heavy atom. The van der Waals surface area contributed by atoms with Gasteiger partial charge in [-0.1, -0.05) is 12.1 Å². The summed E-state index contributed by atoms with van der Waals surface area (Å²) in [7, 11) is 0. The maximum absolute atomic E-state index is 14.5. The number of aryl methyl sites for hydroxylation is 3. The fraction of sp³-hybridized carbons (Fsp3) is 0.263. The van der Waals surface area contributed by atoms with Gasteiger partial charge in [0.25, 0.3) is 0 Å². The van der Waals surface area contributed by atoms with Crippen LogP contribution in [0, 0.1) is 26.6 Å². The van der Waals surface area contributed by atoms with Crippen molar-refractivity contribution in [3.63, 3.8) is 0 Å². The van der Waals surface area contributed by atoms with E-state index in [9.17, 15) is 9.18 Å². The van der Waals surface area contributed by atoms with Gasteiger partial charge in [-0.05, 0) is 56.3 Å². The van der Waals surface area contributed by atoms with Gasteiger partial charge in [0, 0.05) is 10.9 Å². The second-order valence-corrected chi connectivity index (χ2v) is 6.74. The van der Waals surface area contributed by atoms with Crippen molar-refractivity contribution in [2.24, 2.45) is 0 Å². The van der Waals surface area contributed by atoms with Gasteiger partial charge in [0.2, 0.25) is 0 Å². The maximum atomic E-state index is 14.5. The first kappa shape index (κ1) is 16.6. The molecule has 0 aliphatic rings. The molecule has 1 heterocycles. The summed E-state index contributed by atoms with van der Waals surface area (Å²) in [6.07, 6.45) is 0. The molecule has 0 saturated carbocycles. The Morgan fingerprint density at radius 2 is 1.92 bits per heavy atom. The molecule has 3 nitrogen and oxygen atoms in total. The van der Waals surface area contributed by atoms with E-state index in [4.69, 9.17) is 4.74 Å². The summed E-state index contributed by atoms with van der Waals surface area (Å²) in [5.41, 5.74) is 3.04. The highest BCUT2D eigenvalue weighted by molar-refractivity contribution is 7.17. The van der Waals surface area contributed by atoms with Crippen molar-refractivity contribution in [2.45, 2.75) is 27.7 Å². The van der Waals surface area contributed by atoms with Gasteiger partial charge in [-0.25, -0.2) is 14.2 Å². The van der Waals surface area contributed by atoms with Crippen molar-refractivity contribution < 1.29 is 13.9 Å². The predicted molar refractivity (Wildman–Crippen MR) is 95.2 cm³/mol. The van der Waals surface area contributed by atoms with Crippen LogP contribution in [0.2, 0.25) is 0 Å². The lowest BCUT2D eigenvalue weighted by molar-refractivity contribution is 0.0531. The van der Waals surface area contributed by atoms with Crippen molar-refractivity contribution >= 4 is 28.1 Å². The largest absolute Gasteiger partial charge is 0.462 e. The van der Waals surface area contributed by atoms with E-state index in [1.807, 2.05) is 19.1 Å². The first-order chi connectivity index (χ1) is 11.4. The third kappa shape index (κ3) is 2.80. The van der Waals surface area contributed by atoms with Gasteiger partial charge in [-0.2, -0.15) is 0 Å². The minimum Gasteiger partial charge on any atom is -0.462 e. The van der Waals surface area contributed by atoms with E-state index in [2.05, 4.69) is 4.98 Å². The van der Waals surface area contributed by atoms with Gasteiger partial charge < -0.3 is 4.74 Å². The predicted octanol–water partition coefficient (Wildman–Crippen LogP) is 5.20. The fourth-order valence-corrected chi connectivity index (χ4v) is 3.67. The average Bonchev–Trinajstić information content (AvgIpc) is 2.93. The van der Waals surface area contributed by atoms with Crippen LogP contribution in [0.4, 0.5) is 4.39 Å². The van der Waals surface area contributed by atoms with Crippen LogP contribution in [0.3, 0.4) is 0 Å². The van der Waals surface area contributed by atoms with Crippen LogP contribution in [0.1, 0.15) is 33.4 Å². The number of benzene rings is 2. The van der Waals surface area contributed by atoms with Crippen molar-refractivity contribution in [3.8, 4) is 10.6 Å². The molecule has 0 bridgehead atoms. The lowest BCUT2D eigenvalue weighted by atomic mass is 9.99. The van der Waals surface area contributed by atoms with Crippen LogP contribution in [0.15, 0.2) is 24.3 Å². The zero-order valence-corrected chi connectivity index (χ0v) is 14.9. The molecule has 0 atom stereocenters. The molecular formula is C19H18FNO2S. The number of thiazole rings is 1. The molecule has 0 aliphatic heterocycles. The molecule has 3 rings (SSSR count). The molecule has 124 valence electrons. The molecule has 0 fully saturated rings. The van der Waals surface area contributed by atoms with Gasteiger partial charge in [0.1, 0.15) is 15.7 Å². The first-order valence-corrected chi connectivity index (χ1v) is 8.58. The summed E-state index contributed by atoms with van der Waals surface area (Å²) in [6, 6.07) is 7.50. The van der Waals surface area contributed by atoms with E-state index >= 15 is 0 Å². The van der Waals surface area contributed by atoms with Crippen LogP contribution in [-0.2, 0) is 4.74 Å². The Balaban J connectivity index is 2.15. The van der Waals surface area contributed by atoms with Crippen molar-refractivity contribution in [3.05, 3.63) is 51.8 Å². The summed E-state index contributed by atoms with van der Waals surface area (Å²) in [5, 5.41) is 2.16. The number of nitrogens with zero attached hydrogens (tertiary/aromatic N) is 1. The Hall–Kier alpha value is -2.27. The van der Waals surface area contributed by atoms with E-state index in [1.54, 1.807) is 32.9 Å². The summed E-state index contributed by atoms with van der Waals surface area (Å²) in [4.78, 5) is 17.0. The van der Waals surface area contributed by atoms with Crippen LogP contribution in [0.25, 0.3) is 21.3 Å². The first-order valence-electron chi connectivity index (χ1n) is 7.76. The van der Waals surface area contributed by atoms with Gasteiger partial charge in [0.05, 0.1) is 12.3 Å². The zero-order valence-electron chi connectivity index (χ0n) is 14.1. The van der Waals surface area contributed by atoms with E-state index < -0.39 is 0 Å². The molecule has 0 aliphatic carbocycles. The molecule has 1 aromatic heterocycles. The highest BCUT2D eigenvalue weighted by atomic mass is 32.1. The lowest BCUT2D eigenvalue weighted by Gasteiger charge is -2.08. The Kier molecular flexibility index (Phi) is 4.37. The molecule has 0 radical (unpaired) electrons. The number of esters is 1. The van der Waals surface area contributed by atoms with E-state index in [0.29, 0.717) is 33.1 Å². The second-order valence-electron chi connectivity index (χ2n) is 5.74. The number of fused-ring (bicyclic) bond motifs is 1. The zero-order chi connectivity index (χ0) is 17.4. The number of hydrogen-bond acceptors (Lipinski definition) is 4. The normalized spacial score (nSPS) is 11.0. The summed E-state index contributed by atoms with van der Waals surface area (Å²) >= 11 is 1.28. The second kappa shape index (κ2) is 6.32. The number of rotatable bonds is 3. The van der Waals surface area contributed by atoms with E-state index in [1.165, 1.54) is 11.3 Å². The van der Waals surface area contributed by atoms with Gasteiger partial charge >= 0.3 is 5.97 Å². The lowest BCUT2D eigenvalue weighted by Crippen LogP contribution is -2.03. The van der Waals surface area contributed by atoms with Crippen molar-refractivity contribution in [2.75, 3.05) is 6.61 Å². The van der Waals surface area contributed by atoms with E-state index in [-0.39, 0.29) is 11.8 Å². The summed E-state index contributed by atoms with van der Waals surface area (Å²) in [5.74, 6) is -0.574. The van der Waals surface area contributed by atoms with Gasteiger partial charge in [0.15, 0.2) is 0 Å². The molecule has 24 heavy (non-hydrogen) atoms. The molecule has 3 aromatic rings. The Morgan fingerprint density at radius 3 is 2.62 bits per heavy atom. The van der Waals surface area contributed by atoms with Crippen LogP contribution < -0.4 is 0 Å². The number of carbonyl (C=O) groups is 1. The third-order valence-electron chi connectivity index (χ3n) is 3.97. The van der Waals surface area contributed by atoms with E-state index in [0.717, 1.165) is 16.5 Å². The van der Waals surface area contributed by atoms with Gasteiger partial charge in [-0.15, -0.1) is 11.3 Å². The molecule has 5 heteroatoms. The Labute approximate surface area is 144 Å². The summed E-state index contributed by atoms with van der Waals surface area (Å²) < 4.78 is 19.6. The molecule has 2 aromatic carbocycles. The molecule has 0 spiro atoms. The highest BCUT2D eigenvalue weighted by Gasteiger charge is 2.18. The fourth-order valence-electron chi connectivity index (χ4n) is 2.72. The highest BCUT2D eigenvalue weighted by Crippen LogP contribution is 2.33. The number of aromatic nitrogens is 1. The van der Waals surface area contributed by atoms with Crippen LogP contribution >= 0.6 is 11.3 Å². The number of carbonyl (C=O) groups excluding carboxylic acids is 1. The molecule has 0 saturated heterocycles. The maximum Gasteiger partial charge on any atom is 0.350 e. The van der Waals surface area contributed by atoms with Crippen molar-refractivity contribution in [1.29, 1.82) is 0 Å². The monoisotopic (exact) mass is 343 g/mol. The summed E-state index contributed by atoms with van der Waals surface area (Å²) in [6.45, 7) is 7.58. The molecule has 0 N–H and O–H groups in total. The van der Waals surface area contributed by atoms with Crippen LogP contribution in [-0.4, -0.2) is 17.6 Å². The number of ether oxygens (including phenoxy) is 1. The third-order valence-corrected chi connectivity index (χ3v) is 5.16.